The smallest absolute Gasteiger partial charge is 0.341 e. The standard InChI is InChI=1S/C17H20N2O3S2/c1-10-5-6-12-13(8-10)24-15(14(12)16(20)21-2)19-17(23)18-9-11-4-3-7-22-11/h3-4,7,10H,5-6,8-9H2,1-2H3,(H2,18,19,23). The summed E-state index contributed by atoms with van der Waals surface area (Å²) in [5, 5.41) is 7.47. The lowest BCUT2D eigenvalue weighted by molar-refractivity contribution is 0.0601. The summed E-state index contributed by atoms with van der Waals surface area (Å²) in [6, 6.07) is 3.71. The molecule has 7 heteroatoms. The van der Waals surface area contributed by atoms with E-state index in [4.69, 9.17) is 21.4 Å². The largest absolute Gasteiger partial charge is 0.467 e. The first-order chi connectivity index (χ1) is 11.6. The van der Waals surface area contributed by atoms with Crippen LogP contribution in [0.4, 0.5) is 5.00 Å². The summed E-state index contributed by atoms with van der Waals surface area (Å²) in [6.07, 6.45) is 4.62. The van der Waals surface area contributed by atoms with Gasteiger partial charge in [-0.05, 0) is 55.1 Å². The van der Waals surface area contributed by atoms with Gasteiger partial charge >= 0.3 is 5.97 Å². The third kappa shape index (κ3) is 3.62. The van der Waals surface area contributed by atoms with Crippen molar-refractivity contribution >= 4 is 39.6 Å². The van der Waals surface area contributed by atoms with Crippen molar-refractivity contribution in [2.45, 2.75) is 32.7 Å². The summed E-state index contributed by atoms with van der Waals surface area (Å²) >= 11 is 6.94. The van der Waals surface area contributed by atoms with Gasteiger partial charge in [0.25, 0.3) is 0 Å². The topological polar surface area (TPSA) is 63.5 Å². The van der Waals surface area contributed by atoms with Gasteiger partial charge in [0.2, 0.25) is 0 Å². The van der Waals surface area contributed by atoms with Crippen molar-refractivity contribution in [2.24, 2.45) is 5.92 Å². The summed E-state index contributed by atoms with van der Waals surface area (Å²) in [4.78, 5) is 13.5. The molecule has 24 heavy (non-hydrogen) atoms. The quantitative estimate of drug-likeness (QED) is 0.636. The van der Waals surface area contributed by atoms with Gasteiger partial charge in [-0.25, -0.2) is 4.79 Å². The van der Waals surface area contributed by atoms with Crippen molar-refractivity contribution in [3.63, 3.8) is 0 Å². The SMILES string of the molecule is COC(=O)c1c(NC(=S)NCc2ccco2)sc2c1CCC(C)C2. The van der Waals surface area contributed by atoms with Crippen LogP contribution in [0.1, 0.15) is 39.9 Å². The van der Waals surface area contributed by atoms with Gasteiger partial charge in [0.15, 0.2) is 5.11 Å². The van der Waals surface area contributed by atoms with Crippen LogP contribution in [0, 0.1) is 5.92 Å². The molecule has 3 rings (SSSR count). The van der Waals surface area contributed by atoms with Crippen LogP contribution in [0.3, 0.4) is 0 Å². The molecule has 1 unspecified atom stereocenters. The Morgan fingerprint density at radius 3 is 3.08 bits per heavy atom. The molecule has 2 N–H and O–H groups in total. The van der Waals surface area contributed by atoms with Gasteiger partial charge in [-0.15, -0.1) is 11.3 Å². The average Bonchev–Trinajstić information content (AvgIpc) is 3.19. The third-order valence-corrected chi connectivity index (χ3v) is 5.55. The van der Waals surface area contributed by atoms with Crippen LogP contribution < -0.4 is 10.6 Å². The van der Waals surface area contributed by atoms with E-state index in [-0.39, 0.29) is 5.97 Å². The number of hydrogen-bond acceptors (Lipinski definition) is 5. The van der Waals surface area contributed by atoms with E-state index in [1.165, 1.54) is 12.0 Å². The number of methoxy groups -OCH3 is 1. The minimum atomic E-state index is -0.307. The van der Waals surface area contributed by atoms with Crippen LogP contribution in [0.25, 0.3) is 0 Å². The second-order valence-electron chi connectivity index (χ2n) is 5.93. The Hall–Kier alpha value is -1.86. The summed E-state index contributed by atoms with van der Waals surface area (Å²) in [5.41, 5.74) is 1.74. The number of hydrogen-bond donors (Lipinski definition) is 2. The number of nitrogens with one attached hydrogen (secondary N) is 2. The Labute approximate surface area is 150 Å². The summed E-state index contributed by atoms with van der Waals surface area (Å²) in [6.45, 7) is 2.73. The first-order valence-corrected chi connectivity index (χ1v) is 9.11. The fourth-order valence-corrected chi connectivity index (χ4v) is 4.53. The fraction of sp³-hybridized carbons (Fsp3) is 0.412. The number of carbonyl (C=O) groups is 1. The molecule has 5 nitrogen and oxygen atoms in total. The summed E-state index contributed by atoms with van der Waals surface area (Å²) in [7, 11) is 1.41. The van der Waals surface area contributed by atoms with Gasteiger partial charge in [0.05, 0.1) is 25.5 Å². The average molecular weight is 364 g/mol. The molecule has 0 fully saturated rings. The molecule has 0 aromatic carbocycles. The van der Waals surface area contributed by atoms with Crippen LogP contribution in [0.2, 0.25) is 0 Å². The predicted molar refractivity (Wildman–Crippen MR) is 98.6 cm³/mol. The second-order valence-corrected chi connectivity index (χ2v) is 7.45. The first-order valence-electron chi connectivity index (χ1n) is 7.88. The molecular weight excluding hydrogens is 344 g/mol. The molecule has 0 aliphatic heterocycles. The summed E-state index contributed by atoms with van der Waals surface area (Å²) in [5.74, 6) is 1.13. The fourth-order valence-electron chi connectivity index (χ4n) is 2.88. The Morgan fingerprint density at radius 1 is 1.54 bits per heavy atom. The number of anilines is 1. The van der Waals surface area contributed by atoms with Gasteiger partial charge in [-0.1, -0.05) is 6.92 Å². The van der Waals surface area contributed by atoms with E-state index in [0.29, 0.717) is 23.1 Å². The van der Waals surface area contributed by atoms with Crippen LogP contribution in [0.5, 0.6) is 0 Å². The molecule has 1 aliphatic rings. The maximum absolute atomic E-state index is 12.2. The minimum absolute atomic E-state index is 0.307. The van der Waals surface area contributed by atoms with E-state index in [0.717, 1.165) is 35.6 Å². The van der Waals surface area contributed by atoms with E-state index < -0.39 is 0 Å². The number of esters is 1. The predicted octanol–water partition coefficient (Wildman–Crippen LogP) is 3.74. The van der Waals surface area contributed by atoms with E-state index in [9.17, 15) is 4.79 Å². The van der Waals surface area contributed by atoms with Crippen molar-refractivity contribution in [3.05, 3.63) is 40.2 Å². The van der Waals surface area contributed by atoms with Gasteiger partial charge in [0.1, 0.15) is 10.8 Å². The highest BCUT2D eigenvalue weighted by Gasteiger charge is 2.28. The molecule has 0 bridgehead atoms. The lowest BCUT2D eigenvalue weighted by Gasteiger charge is -2.18. The van der Waals surface area contributed by atoms with Gasteiger partial charge in [-0.2, -0.15) is 0 Å². The number of thiophene rings is 1. The van der Waals surface area contributed by atoms with Crippen molar-refractivity contribution in [1.29, 1.82) is 0 Å². The molecule has 128 valence electrons. The van der Waals surface area contributed by atoms with Crippen LogP contribution >= 0.6 is 23.6 Å². The number of thiocarbonyl (C=S) groups is 1. The Kier molecular flexibility index (Phi) is 5.20. The highest BCUT2D eigenvalue weighted by molar-refractivity contribution is 7.80. The maximum Gasteiger partial charge on any atom is 0.341 e. The van der Waals surface area contributed by atoms with Crippen LogP contribution in [0.15, 0.2) is 22.8 Å². The molecule has 2 heterocycles. The zero-order valence-electron chi connectivity index (χ0n) is 13.7. The zero-order valence-corrected chi connectivity index (χ0v) is 15.3. The molecule has 1 aliphatic carbocycles. The zero-order chi connectivity index (χ0) is 17.1. The highest BCUT2D eigenvalue weighted by Crippen LogP contribution is 2.39. The van der Waals surface area contributed by atoms with Crippen molar-refractivity contribution in [1.82, 2.24) is 5.32 Å². The Balaban J connectivity index is 1.76. The lowest BCUT2D eigenvalue weighted by Crippen LogP contribution is -2.28. The monoisotopic (exact) mass is 364 g/mol. The first kappa shape index (κ1) is 17.0. The molecule has 0 spiro atoms. The molecule has 0 amide bonds. The molecule has 2 aromatic rings. The molecule has 0 saturated carbocycles. The number of furan rings is 1. The van der Waals surface area contributed by atoms with Crippen LogP contribution in [-0.4, -0.2) is 18.2 Å². The van der Waals surface area contributed by atoms with Gasteiger partial charge < -0.3 is 19.8 Å². The lowest BCUT2D eigenvalue weighted by atomic mass is 9.88. The number of carbonyl (C=O) groups excluding carboxylic acids is 1. The van der Waals surface area contributed by atoms with Crippen molar-refractivity contribution in [2.75, 3.05) is 12.4 Å². The van der Waals surface area contributed by atoms with Crippen LogP contribution in [-0.2, 0) is 24.1 Å². The van der Waals surface area contributed by atoms with Crippen molar-refractivity contribution in [3.8, 4) is 0 Å². The molecule has 1 atom stereocenters. The van der Waals surface area contributed by atoms with E-state index in [1.54, 1.807) is 17.6 Å². The van der Waals surface area contributed by atoms with E-state index >= 15 is 0 Å². The van der Waals surface area contributed by atoms with Gasteiger partial charge in [-0.3, -0.25) is 0 Å². The molecule has 0 saturated heterocycles. The Bertz CT molecular complexity index is 737. The maximum atomic E-state index is 12.2. The number of fused-ring (bicyclic) bond motifs is 1. The summed E-state index contributed by atoms with van der Waals surface area (Å²) < 4.78 is 10.2. The van der Waals surface area contributed by atoms with E-state index in [1.807, 2.05) is 12.1 Å². The number of ether oxygens (including phenoxy) is 1. The second kappa shape index (κ2) is 7.36. The molecule has 0 radical (unpaired) electrons. The number of rotatable bonds is 4. The minimum Gasteiger partial charge on any atom is -0.467 e. The normalized spacial score (nSPS) is 16.3. The van der Waals surface area contributed by atoms with Gasteiger partial charge in [0, 0.05) is 4.88 Å². The van der Waals surface area contributed by atoms with E-state index in [2.05, 4.69) is 17.6 Å². The third-order valence-electron chi connectivity index (χ3n) is 4.13. The molecule has 2 aromatic heterocycles. The highest BCUT2D eigenvalue weighted by atomic mass is 32.1. The Morgan fingerprint density at radius 2 is 2.38 bits per heavy atom. The van der Waals surface area contributed by atoms with Crippen molar-refractivity contribution < 1.29 is 13.9 Å². The molecular formula is C17H20N2O3S2.